The van der Waals surface area contributed by atoms with Gasteiger partial charge in [-0.2, -0.15) is 0 Å². The Morgan fingerprint density at radius 3 is 1.79 bits per heavy atom. The summed E-state index contributed by atoms with van der Waals surface area (Å²) >= 11 is 0. The molecule has 0 unspecified atom stereocenters. The highest BCUT2D eigenvalue weighted by Crippen LogP contribution is 1.99. The smallest absolute Gasteiger partial charge is 0.0442 e. The highest BCUT2D eigenvalue weighted by atomic mass is 14.8. The molecule has 2 N–H and O–H groups in total. The van der Waals surface area contributed by atoms with Crippen molar-refractivity contribution in [3.63, 3.8) is 0 Å². The van der Waals surface area contributed by atoms with E-state index in [9.17, 15) is 0 Å². The molecule has 0 rings (SSSR count). The molecule has 14 heavy (non-hydrogen) atoms. The van der Waals surface area contributed by atoms with Gasteiger partial charge in [-0.05, 0) is 32.7 Å². The van der Waals surface area contributed by atoms with Crippen molar-refractivity contribution in [3.8, 4) is 0 Å². The fourth-order valence-corrected chi connectivity index (χ4v) is 0.986. The second-order valence-corrected chi connectivity index (χ2v) is 4.14. The molecule has 0 aromatic rings. The minimum Gasteiger partial charge on any atom is -0.328 e. The summed E-state index contributed by atoms with van der Waals surface area (Å²) in [7, 11) is 0. The first kappa shape index (κ1) is 16.1. The van der Waals surface area contributed by atoms with Crippen molar-refractivity contribution in [2.75, 3.05) is 0 Å². The van der Waals surface area contributed by atoms with Crippen LogP contribution in [0.5, 0.6) is 0 Å². The first-order chi connectivity index (χ1) is 6.43. The van der Waals surface area contributed by atoms with E-state index < -0.39 is 0 Å². The van der Waals surface area contributed by atoms with Gasteiger partial charge in [0.1, 0.15) is 0 Å². The van der Waals surface area contributed by atoms with Crippen LogP contribution in [0.15, 0.2) is 4.99 Å². The molecule has 0 aromatic heterocycles. The van der Waals surface area contributed by atoms with Gasteiger partial charge >= 0.3 is 0 Å². The first-order valence-electron chi connectivity index (χ1n) is 5.75. The number of nitrogens with zero attached hydrogens (tertiary/aromatic N) is 1. The van der Waals surface area contributed by atoms with Crippen molar-refractivity contribution in [2.45, 2.75) is 72.9 Å². The molecule has 0 amide bonds. The standard InChI is InChI=1S/C9H19N.C3H9N/c1-5-7-9(6-2)10-8(3)4;1-3(2)4/h8H,5-7H2,1-4H3;3H,4H2,1-2H3. The van der Waals surface area contributed by atoms with Crippen LogP contribution in [0.4, 0.5) is 0 Å². The van der Waals surface area contributed by atoms with Gasteiger partial charge in [0, 0.05) is 11.8 Å². The Balaban J connectivity index is 0. The Kier molecular flexibility index (Phi) is 12.3. The molecule has 0 fully saturated rings. The Bertz CT molecular complexity index is 135. The monoisotopic (exact) mass is 200 g/mol. The molecule has 0 aliphatic rings. The lowest BCUT2D eigenvalue weighted by atomic mass is 10.2. The lowest BCUT2D eigenvalue weighted by Crippen LogP contribution is -2.06. The Morgan fingerprint density at radius 2 is 1.57 bits per heavy atom. The van der Waals surface area contributed by atoms with E-state index in [0.717, 1.165) is 6.42 Å². The summed E-state index contributed by atoms with van der Waals surface area (Å²) in [6.07, 6.45) is 3.51. The van der Waals surface area contributed by atoms with E-state index in [2.05, 4.69) is 32.7 Å². The third kappa shape index (κ3) is 17.6. The normalized spacial score (nSPS) is 11.6. The van der Waals surface area contributed by atoms with E-state index in [4.69, 9.17) is 5.73 Å². The zero-order chi connectivity index (χ0) is 11.6. The topological polar surface area (TPSA) is 38.4 Å². The largest absolute Gasteiger partial charge is 0.328 e. The van der Waals surface area contributed by atoms with Crippen LogP contribution in [0.2, 0.25) is 0 Å². The average molecular weight is 200 g/mol. The van der Waals surface area contributed by atoms with Gasteiger partial charge in [-0.1, -0.05) is 34.1 Å². The first-order valence-corrected chi connectivity index (χ1v) is 5.75. The number of hydrogen-bond acceptors (Lipinski definition) is 2. The molecule has 0 heterocycles. The van der Waals surface area contributed by atoms with Gasteiger partial charge in [-0.3, -0.25) is 4.99 Å². The number of hydrogen-bond donors (Lipinski definition) is 1. The highest BCUT2D eigenvalue weighted by Gasteiger charge is 1.94. The zero-order valence-corrected chi connectivity index (χ0v) is 10.8. The predicted octanol–water partition coefficient (Wildman–Crippen LogP) is 3.40. The van der Waals surface area contributed by atoms with Crippen LogP contribution in [-0.2, 0) is 0 Å². The Hall–Kier alpha value is -0.370. The lowest BCUT2D eigenvalue weighted by Gasteiger charge is -2.03. The van der Waals surface area contributed by atoms with Gasteiger partial charge in [-0.25, -0.2) is 0 Å². The van der Waals surface area contributed by atoms with E-state index in [-0.39, 0.29) is 0 Å². The third-order valence-corrected chi connectivity index (χ3v) is 1.39. The number of nitrogens with two attached hydrogens (primary N) is 1. The number of rotatable bonds is 4. The van der Waals surface area contributed by atoms with E-state index in [1.54, 1.807) is 0 Å². The summed E-state index contributed by atoms with van der Waals surface area (Å²) in [5, 5.41) is 0. The highest BCUT2D eigenvalue weighted by molar-refractivity contribution is 5.84. The summed E-state index contributed by atoms with van der Waals surface area (Å²) in [6, 6.07) is 0.807. The molecule has 86 valence electrons. The van der Waals surface area contributed by atoms with E-state index in [0.29, 0.717) is 12.1 Å². The van der Waals surface area contributed by atoms with Crippen molar-refractivity contribution in [2.24, 2.45) is 10.7 Å². The van der Waals surface area contributed by atoms with Crippen molar-refractivity contribution < 1.29 is 0 Å². The molecular formula is C12H28N2. The van der Waals surface area contributed by atoms with E-state index in [1.165, 1.54) is 18.6 Å². The molecule has 0 radical (unpaired) electrons. The minimum atomic E-state index is 0.333. The molecule has 0 atom stereocenters. The summed E-state index contributed by atoms with van der Waals surface area (Å²) in [6.45, 7) is 12.5. The van der Waals surface area contributed by atoms with Crippen molar-refractivity contribution in [1.82, 2.24) is 0 Å². The number of aliphatic imine (C=N–C) groups is 1. The molecule has 0 bridgehead atoms. The summed E-state index contributed by atoms with van der Waals surface area (Å²) in [5.74, 6) is 0. The van der Waals surface area contributed by atoms with Gasteiger partial charge in [0.25, 0.3) is 0 Å². The molecule has 0 aliphatic carbocycles. The van der Waals surface area contributed by atoms with Gasteiger partial charge < -0.3 is 5.73 Å². The molecule has 0 saturated carbocycles. The summed E-state index contributed by atoms with van der Waals surface area (Å²) in [4.78, 5) is 4.50. The Morgan fingerprint density at radius 1 is 1.14 bits per heavy atom. The molecular weight excluding hydrogens is 172 g/mol. The van der Waals surface area contributed by atoms with Gasteiger partial charge in [0.05, 0.1) is 0 Å². The van der Waals surface area contributed by atoms with Crippen LogP contribution in [0.25, 0.3) is 0 Å². The summed E-state index contributed by atoms with van der Waals surface area (Å²) < 4.78 is 0. The van der Waals surface area contributed by atoms with Crippen LogP contribution in [-0.4, -0.2) is 17.8 Å². The second kappa shape index (κ2) is 10.7. The fourth-order valence-electron chi connectivity index (χ4n) is 0.986. The SMILES string of the molecule is CC(C)N.CCCC(CC)=NC(C)C. The lowest BCUT2D eigenvalue weighted by molar-refractivity contribution is 0.815. The van der Waals surface area contributed by atoms with E-state index in [1.807, 2.05) is 13.8 Å². The molecule has 2 nitrogen and oxygen atoms in total. The van der Waals surface area contributed by atoms with Crippen LogP contribution >= 0.6 is 0 Å². The van der Waals surface area contributed by atoms with Gasteiger partial charge in [0.15, 0.2) is 0 Å². The Labute approximate surface area is 90.0 Å². The van der Waals surface area contributed by atoms with Crippen LogP contribution in [0.1, 0.15) is 60.8 Å². The van der Waals surface area contributed by atoms with Gasteiger partial charge in [-0.15, -0.1) is 0 Å². The van der Waals surface area contributed by atoms with Crippen molar-refractivity contribution in [1.29, 1.82) is 0 Å². The maximum absolute atomic E-state index is 5.11. The fraction of sp³-hybridized carbons (Fsp3) is 0.917. The molecule has 0 aromatic carbocycles. The quantitative estimate of drug-likeness (QED) is 0.694. The molecule has 0 aliphatic heterocycles. The molecule has 0 saturated heterocycles. The van der Waals surface area contributed by atoms with Crippen molar-refractivity contribution >= 4 is 5.71 Å². The minimum absolute atomic E-state index is 0.333. The van der Waals surface area contributed by atoms with E-state index >= 15 is 0 Å². The van der Waals surface area contributed by atoms with Crippen molar-refractivity contribution in [3.05, 3.63) is 0 Å². The zero-order valence-electron chi connectivity index (χ0n) is 10.8. The van der Waals surface area contributed by atoms with Gasteiger partial charge in [0.2, 0.25) is 0 Å². The summed E-state index contributed by atoms with van der Waals surface area (Å²) in [5.41, 5.74) is 6.48. The van der Waals surface area contributed by atoms with Crippen LogP contribution in [0, 0.1) is 0 Å². The van der Waals surface area contributed by atoms with Crippen LogP contribution < -0.4 is 5.73 Å². The maximum atomic E-state index is 5.11. The average Bonchev–Trinajstić information content (AvgIpc) is 2.01. The predicted molar refractivity (Wildman–Crippen MR) is 67.1 cm³/mol. The molecule has 2 heteroatoms. The maximum Gasteiger partial charge on any atom is 0.0442 e. The second-order valence-electron chi connectivity index (χ2n) is 4.14. The van der Waals surface area contributed by atoms with Crippen LogP contribution in [0.3, 0.4) is 0 Å². The molecule has 0 spiro atoms. The third-order valence-electron chi connectivity index (χ3n) is 1.39.